The summed E-state index contributed by atoms with van der Waals surface area (Å²) in [5, 5.41) is 2.73. The van der Waals surface area contributed by atoms with Crippen molar-refractivity contribution in [2.24, 2.45) is 0 Å². The Morgan fingerprint density at radius 3 is 2.33 bits per heavy atom. The second-order valence-electron chi connectivity index (χ2n) is 8.29. The van der Waals surface area contributed by atoms with E-state index in [1.807, 2.05) is 24.3 Å². The molecule has 2 saturated heterocycles. The van der Waals surface area contributed by atoms with Crippen LogP contribution in [0.5, 0.6) is 0 Å². The molecule has 2 amide bonds. The second-order valence-corrected chi connectivity index (χ2v) is 12.2. The predicted molar refractivity (Wildman–Crippen MR) is 124 cm³/mol. The summed E-state index contributed by atoms with van der Waals surface area (Å²) < 4.78 is 50.5. The zero-order valence-corrected chi connectivity index (χ0v) is 19.5. The maximum Gasteiger partial charge on any atom is 0.240 e. The van der Waals surface area contributed by atoms with Crippen LogP contribution < -0.4 is 14.9 Å². The van der Waals surface area contributed by atoms with Crippen LogP contribution in [0.15, 0.2) is 53.4 Å². The number of sulfonamides is 1. The molecule has 0 aliphatic carbocycles. The highest BCUT2D eigenvalue weighted by molar-refractivity contribution is 7.92. The number of sulfone groups is 1. The fraction of sp³-hybridized carbons (Fsp3) is 0.364. The van der Waals surface area contributed by atoms with Gasteiger partial charge < -0.3 is 10.2 Å². The van der Waals surface area contributed by atoms with Gasteiger partial charge in [0.05, 0.1) is 22.8 Å². The normalized spacial score (nSPS) is 20.2. The molecule has 2 aliphatic rings. The molecule has 0 aromatic heterocycles. The lowest BCUT2D eigenvalue weighted by Gasteiger charge is -2.16. The van der Waals surface area contributed by atoms with Gasteiger partial charge in [-0.15, -0.1) is 0 Å². The monoisotopic (exact) mass is 491 g/mol. The molecule has 0 spiro atoms. The van der Waals surface area contributed by atoms with E-state index in [0.717, 1.165) is 17.7 Å². The van der Waals surface area contributed by atoms with Crippen molar-refractivity contribution < 1.29 is 26.4 Å². The topological polar surface area (TPSA) is 130 Å². The Morgan fingerprint density at radius 1 is 1.06 bits per heavy atom. The number of rotatable bonds is 7. The summed E-state index contributed by atoms with van der Waals surface area (Å²) in [6.45, 7) is 0.708. The molecule has 11 heteroatoms. The smallest absolute Gasteiger partial charge is 0.240 e. The van der Waals surface area contributed by atoms with Gasteiger partial charge in [-0.3, -0.25) is 9.59 Å². The van der Waals surface area contributed by atoms with Crippen LogP contribution in [0.3, 0.4) is 0 Å². The quantitative estimate of drug-likeness (QED) is 0.603. The number of anilines is 2. The van der Waals surface area contributed by atoms with Gasteiger partial charge in [0.1, 0.15) is 0 Å². The zero-order chi connectivity index (χ0) is 23.6. The van der Waals surface area contributed by atoms with Crippen LogP contribution in [0.4, 0.5) is 11.4 Å². The van der Waals surface area contributed by atoms with E-state index < -0.39 is 25.9 Å². The molecule has 2 heterocycles. The lowest BCUT2D eigenvalue weighted by molar-refractivity contribution is -0.117. The minimum absolute atomic E-state index is 0.00292. The van der Waals surface area contributed by atoms with Gasteiger partial charge in [-0.2, -0.15) is 0 Å². The van der Waals surface area contributed by atoms with Crippen LogP contribution >= 0.6 is 0 Å². The number of carbonyl (C=O) groups is 2. The lowest BCUT2D eigenvalue weighted by Crippen LogP contribution is -2.35. The van der Waals surface area contributed by atoms with E-state index in [-0.39, 0.29) is 41.1 Å². The molecular formula is C22H25N3O6S2. The molecule has 2 fully saturated rings. The van der Waals surface area contributed by atoms with Gasteiger partial charge in [0.15, 0.2) is 9.84 Å². The van der Waals surface area contributed by atoms with Gasteiger partial charge in [0.25, 0.3) is 0 Å². The fourth-order valence-corrected chi connectivity index (χ4v) is 7.05. The average molecular weight is 492 g/mol. The summed E-state index contributed by atoms with van der Waals surface area (Å²) in [7, 11) is -7.06. The van der Waals surface area contributed by atoms with Crippen molar-refractivity contribution in [1.29, 1.82) is 0 Å². The molecular weight excluding hydrogens is 466 g/mol. The molecule has 2 aromatic carbocycles. The molecule has 4 rings (SSSR count). The number of benzene rings is 2. The van der Waals surface area contributed by atoms with Gasteiger partial charge in [-0.25, -0.2) is 21.6 Å². The molecule has 2 aromatic rings. The Hall–Kier alpha value is -2.76. The second kappa shape index (κ2) is 9.24. The van der Waals surface area contributed by atoms with Crippen LogP contribution in [-0.4, -0.2) is 52.7 Å². The summed E-state index contributed by atoms with van der Waals surface area (Å²) in [5.74, 6) is -0.376. The van der Waals surface area contributed by atoms with Crippen molar-refractivity contribution in [2.75, 3.05) is 28.3 Å². The standard InChI is InChI=1S/C22H25N3O6S2/c26-21(14-16-3-7-19(8-4-16)25-12-1-2-22(25)27)23-17-5-9-20(10-6-17)33(30,31)24-18-11-13-32(28,29)15-18/h3-10,18,24H,1-2,11-15H2,(H,23,26). The van der Waals surface area contributed by atoms with Crippen molar-refractivity contribution in [3.8, 4) is 0 Å². The minimum Gasteiger partial charge on any atom is -0.326 e. The third kappa shape index (κ3) is 5.79. The van der Waals surface area contributed by atoms with Crippen LogP contribution in [0.25, 0.3) is 0 Å². The number of hydrogen-bond donors (Lipinski definition) is 2. The van der Waals surface area contributed by atoms with Crippen molar-refractivity contribution >= 4 is 43.0 Å². The summed E-state index contributed by atoms with van der Waals surface area (Å²) in [5.41, 5.74) is 2.06. The first-order valence-electron chi connectivity index (χ1n) is 10.6. The molecule has 0 radical (unpaired) electrons. The molecule has 33 heavy (non-hydrogen) atoms. The molecule has 2 aliphatic heterocycles. The third-order valence-electron chi connectivity index (χ3n) is 5.69. The molecule has 0 bridgehead atoms. The van der Waals surface area contributed by atoms with E-state index in [1.54, 1.807) is 4.90 Å². The van der Waals surface area contributed by atoms with Gasteiger partial charge in [-0.05, 0) is 54.8 Å². The highest BCUT2D eigenvalue weighted by Gasteiger charge is 2.31. The fourth-order valence-electron chi connectivity index (χ4n) is 4.00. The molecule has 2 N–H and O–H groups in total. The first-order valence-corrected chi connectivity index (χ1v) is 13.9. The van der Waals surface area contributed by atoms with E-state index in [1.165, 1.54) is 24.3 Å². The first kappa shape index (κ1) is 23.4. The SMILES string of the molecule is O=C(Cc1ccc(N2CCCC2=O)cc1)Nc1ccc(S(=O)(=O)NC2CCS(=O)(=O)C2)cc1. The maximum absolute atomic E-state index is 12.5. The third-order valence-corrected chi connectivity index (χ3v) is 8.99. The summed E-state index contributed by atoms with van der Waals surface area (Å²) in [6.07, 6.45) is 1.79. The average Bonchev–Trinajstić information content (AvgIpc) is 3.33. The van der Waals surface area contributed by atoms with E-state index in [0.29, 0.717) is 18.7 Å². The van der Waals surface area contributed by atoms with E-state index >= 15 is 0 Å². The van der Waals surface area contributed by atoms with Gasteiger partial charge in [0, 0.05) is 30.4 Å². The van der Waals surface area contributed by atoms with E-state index in [9.17, 15) is 26.4 Å². The van der Waals surface area contributed by atoms with Crippen molar-refractivity contribution in [2.45, 2.75) is 36.6 Å². The summed E-state index contributed by atoms with van der Waals surface area (Å²) >= 11 is 0. The number of carbonyl (C=O) groups excluding carboxylic acids is 2. The Kier molecular flexibility index (Phi) is 6.55. The van der Waals surface area contributed by atoms with Crippen molar-refractivity contribution in [3.05, 3.63) is 54.1 Å². The highest BCUT2D eigenvalue weighted by atomic mass is 32.2. The predicted octanol–water partition coefficient (Wildman–Crippen LogP) is 1.46. The minimum atomic E-state index is -3.86. The summed E-state index contributed by atoms with van der Waals surface area (Å²) in [4.78, 5) is 26.0. The van der Waals surface area contributed by atoms with Crippen LogP contribution in [0.1, 0.15) is 24.8 Å². The number of nitrogens with one attached hydrogen (secondary N) is 2. The van der Waals surface area contributed by atoms with Gasteiger partial charge >= 0.3 is 0 Å². The van der Waals surface area contributed by atoms with Crippen molar-refractivity contribution in [1.82, 2.24) is 4.72 Å². The summed E-state index contributed by atoms with van der Waals surface area (Å²) in [6, 6.07) is 12.3. The van der Waals surface area contributed by atoms with Crippen molar-refractivity contribution in [3.63, 3.8) is 0 Å². The molecule has 176 valence electrons. The van der Waals surface area contributed by atoms with Gasteiger partial charge in [-0.1, -0.05) is 12.1 Å². The maximum atomic E-state index is 12.5. The zero-order valence-electron chi connectivity index (χ0n) is 17.9. The highest BCUT2D eigenvalue weighted by Crippen LogP contribution is 2.22. The number of amides is 2. The Morgan fingerprint density at radius 2 is 1.76 bits per heavy atom. The lowest BCUT2D eigenvalue weighted by atomic mass is 10.1. The molecule has 1 unspecified atom stereocenters. The van der Waals surface area contributed by atoms with E-state index in [4.69, 9.17) is 0 Å². The Balaban J connectivity index is 1.33. The molecule has 1 atom stereocenters. The van der Waals surface area contributed by atoms with Crippen LogP contribution in [-0.2, 0) is 35.9 Å². The molecule has 0 saturated carbocycles. The number of hydrogen-bond acceptors (Lipinski definition) is 6. The first-order chi connectivity index (χ1) is 15.6. The van der Waals surface area contributed by atoms with Crippen LogP contribution in [0, 0.1) is 0 Å². The van der Waals surface area contributed by atoms with Crippen LogP contribution in [0.2, 0.25) is 0 Å². The van der Waals surface area contributed by atoms with Gasteiger partial charge in [0.2, 0.25) is 21.8 Å². The Bertz CT molecular complexity index is 1260. The van der Waals surface area contributed by atoms with E-state index in [2.05, 4.69) is 10.0 Å². The Labute approximate surface area is 193 Å². The largest absolute Gasteiger partial charge is 0.326 e. The molecule has 9 nitrogen and oxygen atoms in total. The number of nitrogens with zero attached hydrogens (tertiary/aromatic N) is 1.